The molecule has 0 aromatic carbocycles. The van der Waals surface area contributed by atoms with E-state index in [0.717, 1.165) is 13.1 Å². The van der Waals surface area contributed by atoms with Crippen LogP contribution in [0.15, 0.2) is 12.3 Å². The zero-order chi connectivity index (χ0) is 14.4. The van der Waals surface area contributed by atoms with Crippen LogP contribution in [0.2, 0.25) is 0 Å². The Bertz CT molecular complexity index is 391. The molecule has 1 heterocycles. The lowest BCUT2D eigenvalue weighted by Crippen LogP contribution is -2.26. The lowest BCUT2D eigenvalue weighted by Gasteiger charge is -2.21. The summed E-state index contributed by atoms with van der Waals surface area (Å²) in [7, 11) is 1.89. The van der Waals surface area contributed by atoms with Crippen molar-refractivity contribution in [2.75, 3.05) is 25.0 Å². The van der Waals surface area contributed by atoms with Crippen molar-refractivity contribution in [3.8, 4) is 0 Å². The van der Waals surface area contributed by atoms with Crippen molar-refractivity contribution < 1.29 is 4.39 Å². The van der Waals surface area contributed by atoms with E-state index < -0.39 is 0 Å². The standard InChI is InChI=1S/C15H26FN3/c1-11(2)8-17-9-13-6-7-18-15(14(13)16)19(5)10-12(3)4/h6-7,11-12,17H,8-10H2,1-5H3. The fourth-order valence-corrected chi connectivity index (χ4v) is 2.00. The summed E-state index contributed by atoms with van der Waals surface area (Å²) in [4.78, 5) is 6.04. The molecule has 0 fully saturated rings. The Hall–Kier alpha value is -1.16. The van der Waals surface area contributed by atoms with Crippen molar-refractivity contribution in [3.05, 3.63) is 23.6 Å². The Labute approximate surface area is 116 Å². The van der Waals surface area contributed by atoms with Crippen LogP contribution in [0.1, 0.15) is 33.3 Å². The van der Waals surface area contributed by atoms with Crippen molar-refractivity contribution in [1.82, 2.24) is 10.3 Å². The lowest BCUT2D eigenvalue weighted by atomic mass is 10.2. The Kier molecular flexibility index (Phi) is 6.22. The maximum absolute atomic E-state index is 14.4. The molecule has 0 aliphatic heterocycles. The molecule has 0 atom stereocenters. The molecule has 3 nitrogen and oxygen atoms in total. The molecule has 0 amide bonds. The Morgan fingerprint density at radius 2 is 1.95 bits per heavy atom. The normalized spacial score (nSPS) is 11.4. The second-order valence-corrected chi connectivity index (χ2v) is 5.91. The van der Waals surface area contributed by atoms with E-state index in [2.05, 4.69) is 38.0 Å². The van der Waals surface area contributed by atoms with Crippen LogP contribution in [0.25, 0.3) is 0 Å². The molecule has 0 unspecified atom stereocenters. The first kappa shape index (κ1) is 15.9. The van der Waals surface area contributed by atoms with Crippen LogP contribution in [0.4, 0.5) is 10.2 Å². The van der Waals surface area contributed by atoms with Gasteiger partial charge in [0.2, 0.25) is 0 Å². The van der Waals surface area contributed by atoms with Gasteiger partial charge in [-0.05, 0) is 24.4 Å². The monoisotopic (exact) mass is 267 g/mol. The van der Waals surface area contributed by atoms with Gasteiger partial charge in [0, 0.05) is 31.9 Å². The molecular weight excluding hydrogens is 241 g/mol. The molecule has 0 aliphatic rings. The summed E-state index contributed by atoms with van der Waals surface area (Å²) in [5, 5.41) is 3.26. The van der Waals surface area contributed by atoms with E-state index in [-0.39, 0.29) is 5.82 Å². The molecule has 1 aromatic rings. The maximum Gasteiger partial charge on any atom is 0.170 e. The average molecular weight is 267 g/mol. The molecule has 19 heavy (non-hydrogen) atoms. The van der Waals surface area contributed by atoms with Crippen LogP contribution in [0.3, 0.4) is 0 Å². The Morgan fingerprint density at radius 1 is 1.26 bits per heavy atom. The summed E-state index contributed by atoms with van der Waals surface area (Å²) in [5.41, 5.74) is 0.682. The summed E-state index contributed by atoms with van der Waals surface area (Å²) in [6.45, 7) is 10.7. The van der Waals surface area contributed by atoms with Gasteiger partial charge in [0.25, 0.3) is 0 Å². The van der Waals surface area contributed by atoms with Crippen LogP contribution >= 0.6 is 0 Å². The molecule has 1 aromatic heterocycles. The molecule has 108 valence electrons. The quantitative estimate of drug-likeness (QED) is 0.823. The van der Waals surface area contributed by atoms with Crippen LogP contribution in [0.5, 0.6) is 0 Å². The van der Waals surface area contributed by atoms with E-state index >= 15 is 0 Å². The third kappa shape index (κ3) is 5.15. The average Bonchev–Trinajstić information content (AvgIpc) is 2.29. The van der Waals surface area contributed by atoms with Gasteiger partial charge in [0.15, 0.2) is 11.6 Å². The second-order valence-electron chi connectivity index (χ2n) is 5.91. The van der Waals surface area contributed by atoms with Gasteiger partial charge in [-0.25, -0.2) is 9.37 Å². The summed E-state index contributed by atoms with van der Waals surface area (Å²) >= 11 is 0. The van der Waals surface area contributed by atoms with E-state index in [1.54, 1.807) is 12.3 Å². The van der Waals surface area contributed by atoms with Gasteiger partial charge in [-0.3, -0.25) is 0 Å². The summed E-state index contributed by atoms with van der Waals surface area (Å²) in [5.74, 6) is 1.28. The molecular formula is C15H26FN3. The highest BCUT2D eigenvalue weighted by atomic mass is 19.1. The first-order valence-corrected chi connectivity index (χ1v) is 6.97. The zero-order valence-corrected chi connectivity index (χ0v) is 12.7. The fourth-order valence-electron chi connectivity index (χ4n) is 2.00. The molecule has 0 saturated heterocycles. The van der Waals surface area contributed by atoms with Crippen LogP contribution < -0.4 is 10.2 Å². The molecule has 1 rings (SSSR count). The van der Waals surface area contributed by atoms with E-state index in [1.807, 2.05) is 11.9 Å². The van der Waals surface area contributed by atoms with Gasteiger partial charge in [0.1, 0.15) is 0 Å². The SMILES string of the molecule is CC(C)CNCc1ccnc(N(C)CC(C)C)c1F. The molecule has 1 N–H and O–H groups in total. The smallest absolute Gasteiger partial charge is 0.170 e. The van der Waals surface area contributed by atoms with Crippen LogP contribution in [-0.2, 0) is 6.54 Å². The predicted octanol–water partition coefficient (Wildman–Crippen LogP) is 3.06. The number of pyridine rings is 1. The molecule has 0 radical (unpaired) electrons. The number of halogens is 1. The van der Waals surface area contributed by atoms with Crippen molar-refractivity contribution >= 4 is 5.82 Å². The lowest BCUT2D eigenvalue weighted by molar-refractivity contribution is 0.530. The van der Waals surface area contributed by atoms with Crippen molar-refractivity contribution in [3.63, 3.8) is 0 Å². The predicted molar refractivity (Wildman–Crippen MR) is 78.8 cm³/mol. The van der Waals surface area contributed by atoms with Crippen LogP contribution in [-0.4, -0.2) is 25.1 Å². The summed E-state index contributed by atoms with van der Waals surface area (Å²) < 4.78 is 14.4. The highest BCUT2D eigenvalue weighted by Crippen LogP contribution is 2.19. The molecule has 0 aliphatic carbocycles. The highest BCUT2D eigenvalue weighted by Gasteiger charge is 2.14. The van der Waals surface area contributed by atoms with E-state index in [0.29, 0.717) is 29.8 Å². The highest BCUT2D eigenvalue weighted by molar-refractivity contribution is 5.42. The third-order valence-corrected chi connectivity index (χ3v) is 2.82. The number of nitrogens with one attached hydrogen (secondary N) is 1. The second kappa shape index (κ2) is 7.43. The van der Waals surface area contributed by atoms with E-state index in [4.69, 9.17) is 0 Å². The first-order chi connectivity index (χ1) is 8.91. The van der Waals surface area contributed by atoms with Gasteiger partial charge in [-0.1, -0.05) is 27.7 Å². The number of nitrogens with zero attached hydrogens (tertiary/aromatic N) is 2. The summed E-state index contributed by atoms with van der Waals surface area (Å²) in [6.07, 6.45) is 1.68. The summed E-state index contributed by atoms with van der Waals surface area (Å²) in [6, 6.07) is 1.75. The number of anilines is 1. The minimum Gasteiger partial charge on any atom is -0.357 e. The van der Waals surface area contributed by atoms with Crippen molar-refractivity contribution in [2.45, 2.75) is 34.2 Å². The molecule has 0 spiro atoms. The minimum atomic E-state index is -0.207. The van der Waals surface area contributed by atoms with Gasteiger partial charge in [0.05, 0.1) is 0 Å². The number of aromatic nitrogens is 1. The van der Waals surface area contributed by atoms with Crippen LogP contribution in [0, 0.1) is 17.7 Å². The Morgan fingerprint density at radius 3 is 2.53 bits per heavy atom. The zero-order valence-electron chi connectivity index (χ0n) is 12.7. The van der Waals surface area contributed by atoms with Gasteiger partial charge < -0.3 is 10.2 Å². The van der Waals surface area contributed by atoms with Crippen molar-refractivity contribution in [2.24, 2.45) is 11.8 Å². The number of rotatable bonds is 7. The molecule has 4 heteroatoms. The largest absolute Gasteiger partial charge is 0.357 e. The van der Waals surface area contributed by atoms with E-state index in [9.17, 15) is 4.39 Å². The molecule has 0 bridgehead atoms. The third-order valence-electron chi connectivity index (χ3n) is 2.82. The van der Waals surface area contributed by atoms with Gasteiger partial charge >= 0.3 is 0 Å². The minimum absolute atomic E-state index is 0.207. The number of hydrogen-bond donors (Lipinski definition) is 1. The van der Waals surface area contributed by atoms with Gasteiger partial charge in [-0.15, -0.1) is 0 Å². The van der Waals surface area contributed by atoms with E-state index in [1.165, 1.54) is 0 Å². The van der Waals surface area contributed by atoms with Gasteiger partial charge in [-0.2, -0.15) is 0 Å². The first-order valence-electron chi connectivity index (χ1n) is 6.97. The van der Waals surface area contributed by atoms with Crippen molar-refractivity contribution in [1.29, 1.82) is 0 Å². The maximum atomic E-state index is 14.4. The topological polar surface area (TPSA) is 28.2 Å². The Balaban J connectivity index is 2.74. The number of hydrogen-bond acceptors (Lipinski definition) is 3. The molecule has 0 saturated carbocycles. The fraction of sp³-hybridized carbons (Fsp3) is 0.667.